The van der Waals surface area contributed by atoms with Crippen molar-refractivity contribution in [2.24, 2.45) is 0 Å². The van der Waals surface area contributed by atoms with E-state index in [0.29, 0.717) is 18.0 Å². The van der Waals surface area contributed by atoms with Crippen LogP contribution in [0.25, 0.3) is 0 Å². The molecule has 0 saturated heterocycles. The minimum absolute atomic E-state index is 0.0384. The third-order valence-corrected chi connectivity index (χ3v) is 2.21. The lowest BCUT2D eigenvalue weighted by molar-refractivity contribution is -0.384. The van der Waals surface area contributed by atoms with Crippen LogP contribution in [0.3, 0.4) is 0 Å². The molecule has 16 heavy (non-hydrogen) atoms. The number of nitro groups is 1. The zero-order chi connectivity index (χ0) is 12.0. The molecule has 0 amide bonds. The van der Waals surface area contributed by atoms with Crippen molar-refractivity contribution in [1.29, 1.82) is 0 Å². The molecule has 1 rings (SSSR count). The van der Waals surface area contributed by atoms with E-state index in [-0.39, 0.29) is 5.69 Å². The van der Waals surface area contributed by atoms with Crippen molar-refractivity contribution in [2.75, 3.05) is 19.0 Å². The summed E-state index contributed by atoms with van der Waals surface area (Å²) in [6, 6.07) is 4.81. The number of rotatable bonds is 6. The first kappa shape index (κ1) is 12.3. The zero-order valence-electron chi connectivity index (χ0n) is 9.53. The van der Waals surface area contributed by atoms with E-state index in [1.54, 1.807) is 19.2 Å². The lowest BCUT2D eigenvalue weighted by Gasteiger charge is -2.10. The SMILES string of the molecule is CCCCOc1cccc([N+](=O)[O-])c1NC. The van der Waals surface area contributed by atoms with Crippen LogP contribution in [0, 0.1) is 10.1 Å². The van der Waals surface area contributed by atoms with Gasteiger partial charge < -0.3 is 10.1 Å². The molecular weight excluding hydrogens is 208 g/mol. The van der Waals surface area contributed by atoms with Crippen molar-refractivity contribution < 1.29 is 9.66 Å². The minimum atomic E-state index is -0.418. The number of benzene rings is 1. The fourth-order valence-corrected chi connectivity index (χ4v) is 1.37. The Kier molecular flexibility index (Phi) is 4.57. The summed E-state index contributed by atoms with van der Waals surface area (Å²) >= 11 is 0. The van der Waals surface area contributed by atoms with Crippen molar-refractivity contribution in [1.82, 2.24) is 0 Å². The molecule has 5 nitrogen and oxygen atoms in total. The first-order chi connectivity index (χ1) is 7.70. The molecule has 0 aliphatic rings. The fourth-order valence-electron chi connectivity index (χ4n) is 1.37. The number of nitrogens with zero attached hydrogens (tertiary/aromatic N) is 1. The van der Waals surface area contributed by atoms with Crippen LogP contribution in [0.2, 0.25) is 0 Å². The largest absolute Gasteiger partial charge is 0.491 e. The number of anilines is 1. The first-order valence-corrected chi connectivity index (χ1v) is 5.28. The molecule has 0 aliphatic heterocycles. The molecule has 0 aromatic heterocycles. The summed E-state index contributed by atoms with van der Waals surface area (Å²) in [5.41, 5.74) is 0.472. The Morgan fingerprint density at radius 2 is 2.25 bits per heavy atom. The van der Waals surface area contributed by atoms with Gasteiger partial charge >= 0.3 is 0 Å². The Hall–Kier alpha value is -1.78. The number of nitro benzene ring substituents is 1. The maximum atomic E-state index is 10.8. The monoisotopic (exact) mass is 224 g/mol. The second kappa shape index (κ2) is 5.95. The van der Waals surface area contributed by atoms with Gasteiger partial charge in [-0.15, -0.1) is 0 Å². The average molecular weight is 224 g/mol. The summed E-state index contributed by atoms with van der Waals surface area (Å²) in [5, 5.41) is 13.6. The molecular formula is C11H16N2O3. The number of hydrogen-bond donors (Lipinski definition) is 1. The van der Waals surface area contributed by atoms with Gasteiger partial charge in [0.15, 0.2) is 5.69 Å². The van der Waals surface area contributed by atoms with Gasteiger partial charge in [0.25, 0.3) is 5.69 Å². The highest BCUT2D eigenvalue weighted by Gasteiger charge is 2.16. The van der Waals surface area contributed by atoms with Crippen molar-refractivity contribution >= 4 is 11.4 Å². The van der Waals surface area contributed by atoms with E-state index in [4.69, 9.17) is 4.74 Å². The van der Waals surface area contributed by atoms with Gasteiger partial charge in [-0.25, -0.2) is 0 Å². The lowest BCUT2D eigenvalue weighted by Crippen LogP contribution is -2.02. The van der Waals surface area contributed by atoms with Crippen LogP contribution in [0.4, 0.5) is 11.4 Å². The second-order valence-electron chi connectivity index (χ2n) is 3.36. The van der Waals surface area contributed by atoms with Gasteiger partial charge in [-0.2, -0.15) is 0 Å². The molecule has 1 aromatic rings. The zero-order valence-corrected chi connectivity index (χ0v) is 9.53. The molecule has 0 unspecified atom stereocenters. The molecule has 1 aromatic carbocycles. The summed E-state index contributed by atoms with van der Waals surface area (Å²) < 4.78 is 5.49. The Balaban J connectivity index is 2.90. The van der Waals surface area contributed by atoms with Crippen molar-refractivity contribution in [3.8, 4) is 5.75 Å². The second-order valence-corrected chi connectivity index (χ2v) is 3.36. The number of ether oxygens (including phenoxy) is 1. The van der Waals surface area contributed by atoms with E-state index in [1.807, 2.05) is 0 Å². The predicted octanol–water partition coefficient (Wildman–Crippen LogP) is 2.82. The van der Waals surface area contributed by atoms with E-state index >= 15 is 0 Å². The number of hydrogen-bond acceptors (Lipinski definition) is 4. The molecule has 0 bridgehead atoms. The number of nitrogens with one attached hydrogen (secondary N) is 1. The van der Waals surface area contributed by atoms with Gasteiger partial charge in [-0.05, 0) is 12.5 Å². The Morgan fingerprint density at radius 1 is 1.50 bits per heavy atom. The normalized spacial score (nSPS) is 9.88. The average Bonchev–Trinajstić information content (AvgIpc) is 2.29. The van der Waals surface area contributed by atoms with Crippen LogP contribution >= 0.6 is 0 Å². The van der Waals surface area contributed by atoms with E-state index in [0.717, 1.165) is 12.8 Å². The van der Waals surface area contributed by atoms with Gasteiger partial charge in [0.1, 0.15) is 5.75 Å². The quantitative estimate of drug-likeness (QED) is 0.458. The molecule has 0 aliphatic carbocycles. The van der Waals surface area contributed by atoms with Gasteiger partial charge in [0, 0.05) is 13.1 Å². The van der Waals surface area contributed by atoms with Gasteiger partial charge in [-0.1, -0.05) is 19.4 Å². The minimum Gasteiger partial charge on any atom is -0.491 e. The van der Waals surface area contributed by atoms with Crippen LogP contribution in [0.1, 0.15) is 19.8 Å². The lowest BCUT2D eigenvalue weighted by atomic mass is 10.2. The molecule has 0 radical (unpaired) electrons. The van der Waals surface area contributed by atoms with E-state index in [1.165, 1.54) is 6.07 Å². The van der Waals surface area contributed by atoms with Gasteiger partial charge in [0.05, 0.1) is 11.5 Å². The van der Waals surface area contributed by atoms with E-state index < -0.39 is 4.92 Å². The van der Waals surface area contributed by atoms with Crippen LogP contribution < -0.4 is 10.1 Å². The summed E-state index contributed by atoms with van der Waals surface area (Å²) in [6.45, 7) is 2.64. The molecule has 1 N–H and O–H groups in total. The molecule has 0 spiro atoms. The number of unbranched alkanes of at least 4 members (excludes halogenated alkanes) is 1. The summed E-state index contributed by atoms with van der Waals surface area (Å²) in [6.07, 6.45) is 1.97. The molecule has 5 heteroatoms. The van der Waals surface area contributed by atoms with Crippen LogP contribution in [0.5, 0.6) is 5.75 Å². The van der Waals surface area contributed by atoms with Gasteiger partial charge in [-0.3, -0.25) is 10.1 Å². The highest BCUT2D eigenvalue weighted by molar-refractivity contribution is 5.69. The Labute approximate surface area is 94.6 Å². The van der Waals surface area contributed by atoms with Crippen molar-refractivity contribution in [3.63, 3.8) is 0 Å². The first-order valence-electron chi connectivity index (χ1n) is 5.28. The van der Waals surface area contributed by atoms with Crippen molar-refractivity contribution in [2.45, 2.75) is 19.8 Å². The molecule has 88 valence electrons. The summed E-state index contributed by atoms with van der Waals surface area (Å²) in [5.74, 6) is 0.533. The standard InChI is InChI=1S/C11H16N2O3/c1-3-4-8-16-10-7-5-6-9(13(14)15)11(10)12-2/h5-7,12H,3-4,8H2,1-2H3. The third kappa shape index (κ3) is 2.85. The maximum absolute atomic E-state index is 10.8. The van der Waals surface area contributed by atoms with E-state index in [2.05, 4.69) is 12.2 Å². The maximum Gasteiger partial charge on any atom is 0.296 e. The highest BCUT2D eigenvalue weighted by Crippen LogP contribution is 2.33. The summed E-state index contributed by atoms with van der Waals surface area (Å²) in [7, 11) is 1.65. The Morgan fingerprint density at radius 3 is 2.81 bits per heavy atom. The number of para-hydroxylation sites is 1. The third-order valence-electron chi connectivity index (χ3n) is 2.21. The molecule has 0 heterocycles. The predicted molar refractivity (Wildman–Crippen MR) is 63.0 cm³/mol. The highest BCUT2D eigenvalue weighted by atomic mass is 16.6. The summed E-state index contributed by atoms with van der Waals surface area (Å²) in [4.78, 5) is 10.4. The topological polar surface area (TPSA) is 64.4 Å². The molecule has 0 atom stereocenters. The van der Waals surface area contributed by atoms with E-state index in [9.17, 15) is 10.1 Å². The molecule has 0 saturated carbocycles. The smallest absolute Gasteiger partial charge is 0.296 e. The fraction of sp³-hybridized carbons (Fsp3) is 0.455. The van der Waals surface area contributed by atoms with Crippen LogP contribution in [-0.4, -0.2) is 18.6 Å². The van der Waals surface area contributed by atoms with Crippen LogP contribution in [0.15, 0.2) is 18.2 Å². The van der Waals surface area contributed by atoms with Gasteiger partial charge in [0.2, 0.25) is 0 Å². The molecule has 0 fully saturated rings. The van der Waals surface area contributed by atoms with Crippen LogP contribution in [-0.2, 0) is 0 Å². The Bertz CT molecular complexity index is 366. The van der Waals surface area contributed by atoms with Crippen molar-refractivity contribution in [3.05, 3.63) is 28.3 Å².